The number of fused-ring (bicyclic) bond motifs is 1. The third kappa shape index (κ3) is 4.82. The van der Waals surface area contributed by atoms with E-state index in [0.29, 0.717) is 24.3 Å². The molecule has 0 atom stereocenters. The van der Waals surface area contributed by atoms with Crippen molar-refractivity contribution in [1.82, 2.24) is 9.88 Å². The van der Waals surface area contributed by atoms with Crippen molar-refractivity contribution in [3.8, 4) is 0 Å². The molecule has 7 heteroatoms. The lowest BCUT2D eigenvalue weighted by atomic mass is 10.1. The summed E-state index contributed by atoms with van der Waals surface area (Å²) in [6.45, 7) is 4.61. The Bertz CT molecular complexity index is 1000. The smallest absolute Gasteiger partial charge is 0.355 e. The lowest BCUT2D eigenvalue weighted by molar-refractivity contribution is -0.119. The Balaban J connectivity index is 1.58. The highest BCUT2D eigenvalue weighted by Crippen LogP contribution is 2.16. The quantitative estimate of drug-likeness (QED) is 0.602. The number of nitrogens with zero attached hydrogens (tertiary/aromatic N) is 1. The second-order valence-corrected chi connectivity index (χ2v) is 6.45. The highest BCUT2D eigenvalue weighted by atomic mass is 16.5. The number of hydrogen-bond donors (Lipinski definition) is 2. The van der Waals surface area contributed by atoms with Crippen LogP contribution in [0.5, 0.6) is 0 Å². The Morgan fingerprint density at radius 3 is 2.48 bits per heavy atom. The molecule has 0 saturated carbocycles. The first kappa shape index (κ1) is 20.1. The number of para-hydroxylation sites is 1. The first-order valence-corrected chi connectivity index (χ1v) is 9.46. The number of anilines is 1. The molecule has 2 amide bonds. The van der Waals surface area contributed by atoms with E-state index in [0.717, 1.165) is 10.9 Å². The lowest BCUT2D eigenvalue weighted by Gasteiger charge is -2.19. The van der Waals surface area contributed by atoms with Crippen molar-refractivity contribution in [2.24, 2.45) is 0 Å². The minimum Gasteiger partial charge on any atom is -0.451 e. The Labute approximate surface area is 168 Å². The first-order valence-electron chi connectivity index (χ1n) is 9.46. The highest BCUT2D eigenvalue weighted by molar-refractivity contribution is 5.99. The lowest BCUT2D eigenvalue weighted by Crippen LogP contribution is -2.30. The number of amides is 2. The molecule has 0 bridgehead atoms. The number of H-pyrrole nitrogens is 1. The zero-order valence-corrected chi connectivity index (χ0v) is 16.4. The summed E-state index contributed by atoms with van der Waals surface area (Å²) in [6.07, 6.45) is 0. The molecule has 1 heterocycles. The van der Waals surface area contributed by atoms with Crippen molar-refractivity contribution >= 4 is 34.4 Å². The standard InChI is InChI=1S/C22H23N3O4/c1-3-25(4-2)21(27)16-9-7-10-17(12-16)23-20(26)14-29-22(28)19-13-15-8-5-6-11-18(15)24-19/h5-13,24H,3-4,14H2,1-2H3,(H,23,26). The van der Waals surface area contributed by atoms with Crippen molar-refractivity contribution in [1.29, 1.82) is 0 Å². The van der Waals surface area contributed by atoms with Crippen LogP contribution in [0.4, 0.5) is 5.69 Å². The zero-order chi connectivity index (χ0) is 20.8. The van der Waals surface area contributed by atoms with Gasteiger partial charge in [0.1, 0.15) is 5.69 Å². The van der Waals surface area contributed by atoms with E-state index in [2.05, 4.69) is 10.3 Å². The number of esters is 1. The second-order valence-electron chi connectivity index (χ2n) is 6.45. The van der Waals surface area contributed by atoms with Crippen LogP contribution in [0.2, 0.25) is 0 Å². The van der Waals surface area contributed by atoms with Gasteiger partial charge in [-0.3, -0.25) is 9.59 Å². The van der Waals surface area contributed by atoms with Crippen molar-refractivity contribution in [2.75, 3.05) is 25.0 Å². The van der Waals surface area contributed by atoms with Gasteiger partial charge in [-0.05, 0) is 44.2 Å². The van der Waals surface area contributed by atoms with Gasteiger partial charge in [0.05, 0.1) is 0 Å². The van der Waals surface area contributed by atoms with Crippen LogP contribution in [0, 0.1) is 0 Å². The molecule has 1 aromatic heterocycles. The molecule has 2 aromatic carbocycles. The number of nitrogens with one attached hydrogen (secondary N) is 2. The molecule has 0 aliphatic rings. The van der Waals surface area contributed by atoms with Crippen LogP contribution in [0.25, 0.3) is 10.9 Å². The molecule has 0 aliphatic carbocycles. The van der Waals surface area contributed by atoms with Crippen LogP contribution in [-0.4, -0.2) is 47.4 Å². The minimum absolute atomic E-state index is 0.101. The second kappa shape index (κ2) is 9.05. The summed E-state index contributed by atoms with van der Waals surface area (Å²) in [7, 11) is 0. The highest BCUT2D eigenvalue weighted by Gasteiger charge is 2.15. The molecule has 0 unspecified atom stereocenters. The monoisotopic (exact) mass is 393 g/mol. The number of aromatic nitrogens is 1. The molecule has 150 valence electrons. The maximum absolute atomic E-state index is 12.4. The summed E-state index contributed by atoms with van der Waals surface area (Å²) >= 11 is 0. The minimum atomic E-state index is -0.609. The summed E-state index contributed by atoms with van der Waals surface area (Å²) < 4.78 is 5.08. The van der Waals surface area contributed by atoms with E-state index >= 15 is 0 Å². The summed E-state index contributed by atoms with van der Waals surface area (Å²) in [4.78, 5) is 41.4. The van der Waals surface area contributed by atoms with E-state index in [1.54, 1.807) is 35.2 Å². The molecule has 0 radical (unpaired) electrons. The van der Waals surface area contributed by atoms with Crippen LogP contribution in [-0.2, 0) is 9.53 Å². The molecule has 7 nitrogen and oxygen atoms in total. The number of ether oxygens (including phenoxy) is 1. The van der Waals surface area contributed by atoms with E-state index in [1.807, 2.05) is 38.1 Å². The zero-order valence-electron chi connectivity index (χ0n) is 16.4. The van der Waals surface area contributed by atoms with Crippen molar-refractivity contribution < 1.29 is 19.1 Å². The van der Waals surface area contributed by atoms with Crippen LogP contribution in [0.15, 0.2) is 54.6 Å². The Hall–Kier alpha value is -3.61. The van der Waals surface area contributed by atoms with E-state index < -0.39 is 18.5 Å². The third-order valence-electron chi connectivity index (χ3n) is 4.53. The van der Waals surface area contributed by atoms with Crippen LogP contribution in [0.3, 0.4) is 0 Å². The van der Waals surface area contributed by atoms with Gasteiger partial charge in [-0.15, -0.1) is 0 Å². The average Bonchev–Trinajstić information content (AvgIpc) is 3.17. The van der Waals surface area contributed by atoms with Gasteiger partial charge >= 0.3 is 5.97 Å². The Morgan fingerprint density at radius 2 is 1.76 bits per heavy atom. The van der Waals surface area contributed by atoms with Gasteiger partial charge in [0.25, 0.3) is 11.8 Å². The van der Waals surface area contributed by atoms with Crippen LogP contribution in [0.1, 0.15) is 34.7 Å². The molecule has 0 spiro atoms. The molecule has 0 saturated heterocycles. The van der Waals surface area contributed by atoms with E-state index in [-0.39, 0.29) is 11.6 Å². The van der Waals surface area contributed by atoms with Gasteiger partial charge in [-0.2, -0.15) is 0 Å². The number of carbonyl (C=O) groups is 3. The fourth-order valence-electron chi connectivity index (χ4n) is 3.01. The van der Waals surface area contributed by atoms with Gasteiger partial charge in [0.15, 0.2) is 6.61 Å². The Kier molecular flexibility index (Phi) is 6.29. The van der Waals surface area contributed by atoms with Crippen molar-refractivity contribution in [2.45, 2.75) is 13.8 Å². The summed E-state index contributed by atoms with van der Waals surface area (Å²) in [5.41, 5.74) is 2.06. The Morgan fingerprint density at radius 1 is 1.00 bits per heavy atom. The topological polar surface area (TPSA) is 91.5 Å². The first-order chi connectivity index (χ1) is 14.0. The summed E-state index contributed by atoms with van der Waals surface area (Å²) in [5.74, 6) is -1.19. The SMILES string of the molecule is CCN(CC)C(=O)c1cccc(NC(=O)COC(=O)c2cc3ccccc3[nH]2)c1. The number of carbonyl (C=O) groups excluding carboxylic acids is 3. The van der Waals surface area contributed by atoms with E-state index in [4.69, 9.17) is 4.74 Å². The predicted molar refractivity (Wildman–Crippen MR) is 111 cm³/mol. The summed E-state index contributed by atoms with van der Waals surface area (Å²) in [5, 5.41) is 3.54. The van der Waals surface area contributed by atoms with Gasteiger partial charge < -0.3 is 19.9 Å². The van der Waals surface area contributed by atoms with Gasteiger partial charge in [-0.25, -0.2) is 4.79 Å². The predicted octanol–water partition coefficient (Wildman–Crippen LogP) is 3.45. The number of benzene rings is 2. The molecule has 29 heavy (non-hydrogen) atoms. The maximum atomic E-state index is 12.4. The van der Waals surface area contributed by atoms with E-state index in [9.17, 15) is 14.4 Å². The van der Waals surface area contributed by atoms with Crippen molar-refractivity contribution in [3.63, 3.8) is 0 Å². The average molecular weight is 393 g/mol. The molecule has 0 aliphatic heterocycles. The molecular weight excluding hydrogens is 370 g/mol. The molecule has 3 rings (SSSR count). The fourth-order valence-corrected chi connectivity index (χ4v) is 3.01. The fraction of sp³-hybridized carbons (Fsp3) is 0.227. The van der Waals surface area contributed by atoms with Gasteiger partial charge in [0, 0.05) is 35.2 Å². The van der Waals surface area contributed by atoms with Gasteiger partial charge in [0.2, 0.25) is 0 Å². The molecule has 2 N–H and O–H groups in total. The van der Waals surface area contributed by atoms with Gasteiger partial charge in [-0.1, -0.05) is 24.3 Å². The molecule has 3 aromatic rings. The number of rotatable bonds is 7. The summed E-state index contributed by atoms with van der Waals surface area (Å²) in [6, 6.07) is 15.8. The van der Waals surface area contributed by atoms with Crippen LogP contribution < -0.4 is 5.32 Å². The number of aromatic amines is 1. The van der Waals surface area contributed by atoms with E-state index in [1.165, 1.54) is 0 Å². The normalized spacial score (nSPS) is 10.6. The molecule has 0 fully saturated rings. The third-order valence-corrected chi connectivity index (χ3v) is 4.53. The van der Waals surface area contributed by atoms with Crippen molar-refractivity contribution in [3.05, 3.63) is 65.9 Å². The maximum Gasteiger partial charge on any atom is 0.355 e. The number of hydrogen-bond acceptors (Lipinski definition) is 4. The largest absolute Gasteiger partial charge is 0.451 e. The molecular formula is C22H23N3O4. The van der Waals surface area contributed by atoms with Crippen LogP contribution >= 0.6 is 0 Å².